The van der Waals surface area contributed by atoms with Crippen LogP contribution in [-0.2, 0) is 6.61 Å². The van der Waals surface area contributed by atoms with Crippen LogP contribution in [0.25, 0.3) is 0 Å². The van der Waals surface area contributed by atoms with Crippen LogP contribution in [0, 0.1) is 4.77 Å². The van der Waals surface area contributed by atoms with E-state index >= 15 is 0 Å². The summed E-state index contributed by atoms with van der Waals surface area (Å²) < 4.78 is 13.1. The molecule has 7 heteroatoms. The lowest BCUT2D eigenvalue weighted by molar-refractivity contribution is 0.270. The molecule has 0 amide bonds. The van der Waals surface area contributed by atoms with Gasteiger partial charge in [0, 0.05) is 0 Å². The molecule has 0 atom stereocenters. The van der Waals surface area contributed by atoms with E-state index in [0.717, 1.165) is 11.5 Å². The van der Waals surface area contributed by atoms with Crippen LogP contribution < -0.4 is 4.74 Å². The molecule has 0 aliphatic heterocycles. The standard InChI is InChI=1S/C14H12N4O2S/c21-14-17-15-10-18(14)16-8-12-6-7-13(20-12)9-19-11-4-2-1-3-5-11/h1-8,10H,9H2,(H,17,21). The third-order valence-corrected chi connectivity index (χ3v) is 2.93. The van der Waals surface area contributed by atoms with Crippen molar-refractivity contribution in [2.45, 2.75) is 6.61 Å². The predicted octanol–water partition coefficient (Wildman–Crippen LogP) is 2.99. The lowest BCUT2D eigenvalue weighted by atomic mass is 10.3. The van der Waals surface area contributed by atoms with Gasteiger partial charge in [0.05, 0.1) is 6.21 Å². The Kier molecular flexibility index (Phi) is 3.92. The summed E-state index contributed by atoms with van der Waals surface area (Å²) in [4.78, 5) is 0. The zero-order chi connectivity index (χ0) is 14.5. The number of hydrogen-bond donors (Lipinski definition) is 1. The summed E-state index contributed by atoms with van der Waals surface area (Å²) in [6.45, 7) is 0.364. The van der Waals surface area contributed by atoms with Gasteiger partial charge in [-0.15, -0.1) is 0 Å². The fourth-order valence-corrected chi connectivity index (χ4v) is 1.80. The molecule has 0 bridgehead atoms. The first-order valence-corrected chi connectivity index (χ1v) is 6.65. The van der Waals surface area contributed by atoms with Gasteiger partial charge in [-0.2, -0.15) is 14.9 Å². The van der Waals surface area contributed by atoms with Gasteiger partial charge in [0.25, 0.3) is 0 Å². The molecule has 1 aromatic carbocycles. The number of para-hydroxylation sites is 1. The topological polar surface area (TPSA) is 68.3 Å². The summed E-state index contributed by atoms with van der Waals surface area (Å²) in [7, 11) is 0. The van der Waals surface area contributed by atoms with Crippen molar-refractivity contribution in [3.8, 4) is 5.75 Å². The van der Waals surface area contributed by atoms with Crippen LogP contribution in [-0.4, -0.2) is 21.1 Å². The predicted molar refractivity (Wildman–Crippen MR) is 79.9 cm³/mol. The van der Waals surface area contributed by atoms with Crippen LogP contribution in [0.15, 0.2) is 58.3 Å². The number of furan rings is 1. The number of nitrogens with one attached hydrogen (secondary N) is 1. The number of benzene rings is 1. The Morgan fingerprint density at radius 3 is 2.90 bits per heavy atom. The maximum Gasteiger partial charge on any atom is 0.216 e. The van der Waals surface area contributed by atoms with E-state index in [9.17, 15) is 0 Å². The molecule has 0 saturated heterocycles. The first kappa shape index (κ1) is 13.3. The van der Waals surface area contributed by atoms with Gasteiger partial charge in [0.2, 0.25) is 4.77 Å². The zero-order valence-corrected chi connectivity index (χ0v) is 11.8. The quantitative estimate of drug-likeness (QED) is 0.581. The second-order valence-corrected chi connectivity index (χ2v) is 4.54. The number of aromatic nitrogens is 3. The van der Waals surface area contributed by atoms with E-state index in [1.165, 1.54) is 11.0 Å². The molecular weight excluding hydrogens is 288 g/mol. The summed E-state index contributed by atoms with van der Waals surface area (Å²) in [5.74, 6) is 2.13. The number of ether oxygens (including phenoxy) is 1. The Bertz CT molecular complexity index is 788. The van der Waals surface area contributed by atoms with Crippen molar-refractivity contribution in [3.63, 3.8) is 0 Å². The molecule has 0 spiro atoms. The molecule has 2 aromatic heterocycles. The molecule has 3 aromatic rings. The first-order chi connectivity index (χ1) is 10.3. The minimum absolute atomic E-state index is 0.364. The molecule has 21 heavy (non-hydrogen) atoms. The number of H-pyrrole nitrogens is 1. The molecule has 0 saturated carbocycles. The van der Waals surface area contributed by atoms with Gasteiger partial charge in [-0.3, -0.25) is 5.10 Å². The van der Waals surface area contributed by atoms with Crippen LogP contribution in [0.3, 0.4) is 0 Å². The molecule has 0 aliphatic rings. The lowest BCUT2D eigenvalue weighted by Crippen LogP contribution is -1.93. The van der Waals surface area contributed by atoms with E-state index in [1.807, 2.05) is 42.5 Å². The van der Waals surface area contributed by atoms with Gasteiger partial charge in [-0.05, 0) is 36.5 Å². The third kappa shape index (κ3) is 3.46. The van der Waals surface area contributed by atoms with Crippen molar-refractivity contribution in [2.75, 3.05) is 0 Å². The van der Waals surface area contributed by atoms with E-state index in [4.69, 9.17) is 21.4 Å². The van der Waals surface area contributed by atoms with Gasteiger partial charge in [-0.1, -0.05) is 18.2 Å². The Morgan fingerprint density at radius 1 is 1.29 bits per heavy atom. The average Bonchev–Trinajstić information content (AvgIpc) is 3.13. The maximum absolute atomic E-state index is 5.60. The van der Waals surface area contributed by atoms with Gasteiger partial charge in [0.1, 0.15) is 30.2 Å². The third-order valence-electron chi connectivity index (χ3n) is 2.65. The second kappa shape index (κ2) is 6.19. The highest BCUT2D eigenvalue weighted by atomic mass is 32.1. The van der Waals surface area contributed by atoms with Crippen LogP contribution >= 0.6 is 12.2 Å². The largest absolute Gasteiger partial charge is 0.486 e. The van der Waals surface area contributed by atoms with Crippen LogP contribution in [0.2, 0.25) is 0 Å². The molecule has 3 rings (SSSR count). The normalized spacial score (nSPS) is 11.0. The minimum atomic E-state index is 0.364. The zero-order valence-electron chi connectivity index (χ0n) is 11.0. The molecule has 0 unspecified atom stereocenters. The van der Waals surface area contributed by atoms with Crippen molar-refractivity contribution in [1.82, 2.24) is 14.9 Å². The van der Waals surface area contributed by atoms with Gasteiger partial charge in [0.15, 0.2) is 0 Å². The van der Waals surface area contributed by atoms with Crippen LogP contribution in [0.5, 0.6) is 5.75 Å². The smallest absolute Gasteiger partial charge is 0.216 e. The van der Waals surface area contributed by atoms with E-state index in [0.29, 0.717) is 17.1 Å². The molecular formula is C14H12N4O2S. The number of rotatable bonds is 5. The highest BCUT2D eigenvalue weighted by Gasteiger charge is 2.01. The summed E-state index contributed by atoms with van der Waals surface area (Å²) in [6, 6.07) is 13.2. The van der Waals surface area contributed by atoms with Gasteiger partial charge >= 0.3 is 0 Å². The Labute approximate surface area is 125 Å². The summed E-state index contributed by atoms with van der Waals surface area (Å²) in [5.41, 5.74) is 0. The highest BCUT2D eigenvalue weighted by Crippen LogP contribution is 2.13. The average molecular weight is 300 g/mol. The monoisotopic (exact) mass is 300 g/mol. The lowest BCUT2D eigenvalue weighted by Gasteiger charge is -2.02. The van der Waals surface area contributed by atoms with Crippen molar-refractivity contribution in [3.05, 3.63) is 65.1 Å². The Balaban J connectivity index is 1.63. The van der Waals surface area contributed by atoms with Crippen molar-refractivity contribution < 1.29 is 9.15 Å². The first-order valence-electron chi connectivity index (χ1n) is 6.24. The van der Waals surface area contributed by atoms with E-state index in [1.54, 1.807) is 6.21 Å². The van der Waals surface area contributed by atoms with Crippen molar-refractivity contribution in [1.29, 1.82) is 0 Å². The molecule has 0 aliphatic carbocycles. The van der Waals surface area contributed by atoms with Crippen molar-refractivity contribution in [2.24, 2.45) is 5.10 Å². The highest BCUT2D eigenvalue weighted by molar-refractivity contribution is 7.71. The maximum atomic E-state index is 5.60. The summed E-state index contributed by atoms with van der Waals surface area (Å²) in [6.07, 6.45) is 3.05. The molecule has 1 N–H and O–H groups in total. The van der Waals surface area contributed by atoms with E-state index in [-0.39, 0.29) is 0 Å². The molecule has 6 nitrogen and oxygen atoms in total. The molecule has 106 valence electrons. The number of aromatic amines is 1. The second-order valence-electron chi connectivity index (χ2n) is 4.16. The molecule has 2 heterocycles. The molecule has 0 radical (unpaired) electrons. The number of hydrogen-bond acceptors (Lipinski definition) is 5. The fourth-order valence-electron chi connectivity index (χ4n) is 1.66. The van der Waals surface area contributed by atoms with Gasteiger partial charge < -0.3 is 9.15 Å². The van der Waals surface area contributed by atoms with E-state index in [2.05, 4.69) is 15.3 Å². The van der Waals surface area contributed by atoms with Crippen LogP contribution in [0.1, 0.15) is 11.5 Å². The summed E-state index contributed by atoms with van der Waals surface area (Å²) >= 11 is 4.98. The summed E-state index contributed by atoms with van der Waals surface area (Å²) in [5, 5.41) is 10.5. The number of nitrogens with zero attached hydrogens (tertiary/aromatic N) is 3. The Morgan fingerprint density at radius 2 is 2.14 bits per heavy atom. The van der Waals surface area contributed by atoms with Gasteiger partial charge in [-0.25, -0.2) is 0 Å². The van der Waals surface area contributed by atoms with E-state index < -0.39 is 0 Å². The fraction of sp³-hybridized carbons (Fsp3) is 0.0714. The molecule has 0 fully saturated rings. The Hall–Kier alpha value is -2.67. The van der Waals surface area contributed by atoms with Crippen LogP contribution in [0.4, 0.5) is 0 Å². The minimum Gasteiger partial charge on any atom is -0.486 e. The SMILES string of the molecule is S=c1[nH]ncn1N=Cc1ccc(COc2ccccc2)o1. The van der Waals surface area contributed by atoms with Crippen molar-refractivity contribution >= 4 is 18.4 Å².